The Bertz CT molecular complexity index is 378. The summed E-state index contributed by atoms with van der Waals surface area (Å²) < 4.78 is 0. The lowest BCUT2D eigenvalue weighted by Gasteiger charge is -1.97. The molecule has 6 N–H and O–H groups in total. The number of guanidine groups is 2. The van der Waals surface area contributed by atoms with E-state index in [1.807, 2.05) is 30.5 Å². The van der Waals surface area contributed by atoms with Gasteiger partial charge in [-0.25, -0.2) is 4.99 Å². The minimum Gasteiger partial charge on any atom is -0.370 e. The Labute approximate surface area is 92.5 Å². The van der Waals surface area contributed by atoms with Crippen LogP contribution in [-0.4, -0.2) is 18.2 Å². The lowest BCUT2D eigenvalue weighted by atomic mass is 10.3. The van der Waals surface area contributed by atoms with Crippen molar-refractivity contribution in [3.05, 3.63) is 24.3 Å². The van der Waals surface area contributed by atoms with Gasteiger partial charge in [0.05, 0.1) is 5.69 Å². The molecule has 0 aliphatic rings. The summed E-state index contributed by atoms with van der Waals surface area (Å²) in [7, 11) is 0. The predicted molar refractivity (Wildman–Crippen MR) is 65.3 cm³/mol. The number of nitrogens with zero attached hydrogens (tertiary/aromatic N) is 2. The zero-order valence-corrected chi connectivity index (χ0v) is 9.16. The molecule has 0 bridgehead atoms. The van der Waals surface area contributed by atoms with Gasteiger partial charge >= 0.3 is 0 Å². The maximum Gasteiger partial charge on any atom is 0.223 e. The van der Waals surface area contributed by atoms with E-state index in [1.165, 1.54) is 0 Å². The maximum absolute atomic E-state index is 5.47. The van der Waals surface area contributed by atoms with Crippen LogP contribution in [0.15, 0.2) is 39.1 Å². The second-order valence-corrected chi connectivity index (χ2v) is 3.58. The molecule has 0 aliphatic heterocycles. The van der Waals surface area contributed by atoms with Crippen LogP contribution < -0.4 is 17.2 Å². The van der Waals surface area contributed by atoms with E-state index >= 15 is 0 Å². The van der Waals surface area contributed by atoms with Gasteiger partial charge in [-0.15, -0.1) is 11.8 Å². The van der Waals surface area contributed by atoms with E-state index in [1.54, 1.807) is 11.8 Å². The summed E-state index contributed by atoms with van der Waals surface area (Å²) in [6.07, 6.45) is 2.01. The molecule has 5 nitrogen and oxygen atoms in total. The van der Waals surface area contributed by atoms with E-state index in [0.717, 1.165) is 10.6 Å². The summed E-state index contributed by atoms with van der Waals surface area (Å²) in [5.74, 6) is -0.0520. The number of nitrogens with two attached hydrogens (primary N) is 3. The van der Waals surface area contributed by atoms with Crippen molar-refractivity contribution in [3.8, 4) is 0 Å². The van der Waals surface area contributed by atoms with Crippen LogP contribution in [0.4, 0.5) is 5.69 Å². The lowest BCUT2D eigenvalue weighted by molar-refractivity contribution is 1.36. The third-order valence-corrected chi connectivity index (χ3v) is 2.30. The van der Waals surface area contributed by atoms with Crippen molar-refractivity contribution in [2.75, 3.05) is 6.26 Å². The fourth-order valence-electron chi connectivity index (χ4n) is 0.946. The Morgan fingerprint density at radius 3 is 2.20 bits per heavy atom. The molecule has 0 saturated carbocycles. The van der Waals surface area contributed by atoms with Crippen molar-refractivity contribution in [1.82, 2.24) is 0 Å². The van der Waals surface area contributed by atoms with E-state index in [9.17, 15) is 0 Å². The molecule has 1 rings (SSSR count). The summed E-state index contributed by atoms with van der Waals surface area (Å²) in [5.41, 5.74) is 16.5. The van der Waals surface area contributed by atoms with E-state index in [2.05, 4.69) is 9.98 Å². The average Bonchev–Trinajstić information content (AvgIpc) is 2.17. The first-order valence-corrected chi connectivity index (χ1v) is 5.42. The molecule has 0 saturated heterocycles. The fraction of sp³-hybridized carbons (Fsp3) is 0.111. The fourth-order valence-corrected chi connectivity index (χ4v) is 1.35. The molecule has 1 aromatic carbocycles. The highest BCUT2D eigenvalue weighted by Crippen LogP contribution is 2.19. The zero-order valence-electron chi connectivity index (χ0n) is 8.34. The second kappa shape index (κ2) is 5.26. The highest BCUT2D eigenvalue weighted by atomic mass is 32.2. The van der Waals surface area contributed by atoms with Crippen LogP contribution in [0.3, 0.4) is 0 Å². The summed E-state index contributed by atoms with van der Waals surface area (Å²) >= 11 is 1.66. The van der Waals surface area contributed by atoms with Crippen molar-refractivity contribution in [2.45, 2.75) is 4.90 Å². The Balaban J connectivity index is 2.84. The van der Waals surface area contributed by atoms with E-state index in [4.69, 9.17) is 17.2 Å². The lowest BCUT2D eigenvalue weighted by Crippen LogP contribution is -2.26. The quantitative estimate of drug-likeness (QED) is 0.388. The molecular weight excluding hydrogens is 210 g/mol. The standard InChI is InChI=1S/C9H13N5S/c1-15-7-4-2-6(3-5-7)13-9(12)14-8(10)11/h2-5H,1H3,(H6,10,11,12,13,14). The number of benzene rings is 1. The van der Waals surface area contributed by atoms with Gasteiger partial charge in [0.25, 0.3) is 0 Å². The Morgan fingerprint density at radius 2 is 1.73 bits per heavy atom. The van der Waals surface area contributed by atoms with Gasteiger partial charge in [0.15, 0.2) is 5.96 Å². The molecule has 6 heteroatoms. The molecule has 0 unspecified atom stereocenters. The molecular formula is C9H13N5S. The van der Waals surface area contributed by atoms with Gasteiger partial charge in [0.2, 0.25) is 5.96 Å². The van der Waals surface area contributed by atoms with Crippen molar-refractivity contribution in [1.29, 1.82) is 0 Å². The topological polar surface area (TPSA) is 103 Å². The number of thioether (sulfide) groups is 1. The van der Waals surface area contributed by atoms with Crippen LogP contribution >= 0.6 is 11.8 Å². The van der Waals surface area contributed by atoms with Crippen molar-refractivity contribution in [3.63, 3.8) is 0 Å². The molecule has 0 fully saturated rings. The van der Waals surface area contributed by atoms with Gasteiger partial charge in [-0.05, 0) is 30.5 Å². The number of hydrogen-bond acceptors (Lipinski definition) is 2. The molecule has 0 radical (unpaired) electrons. The van der Waals surface area contributed by atoms with Gasteiger partial charge in [-0.1, -0.05) is 0 Å². The van der Waals surface area contributed by atoms with Crippen molar-refractivity contribution in [2.24, 2.45) is 27.2 Å². The van der Waals surface area contributed by atoms with Gasteiger partial charge in [0, 0.05) is 4.90 Å². The predicted octanol–water partition coefficient (Wildman–Crippen LogP) is 0.628. The molecule has 0 aliphatic carbocycles. The molecule has 1 aromatic rings. The molecule has 0 spiro atoms. The summed E-state index contributed by atoms with van der Waals surface area (Å²) in [6.45, 7) is 0. The second-order valence-electron chi connectivity index (χ2n) is 2.70. The van der Waals surface area contributed by atoms with E-state index in [0.29, 0.717) is 0 Å². The van der Waals surface area contributed by atoms with Crippen LogP contribution in [-0.2, 0) is 0 Å². The van der Waals surface area contributed by atoms with E-state index in [-0.39, 0.29) is 11.9 Å². The first kappa shape index (κ1) is 11.4. The van der Waals surface area contributed by atoms with Crippen LogP contribution in [0.5, 0.6) is 0 Å². The third kappa shape index (κ3) is 3.90. The van der Waals surface area contributed by atoms with Gasteiger partial charge in [-0.3, -0.25) is 0 Å². The Kier molecular flexibility index (Phi) is 3.99. The number of rotatable bonds is 2. The molecule has 15 heavy (non-hydrogen) atoms. The Hall–Kier alpha value is -1.69. The van der Waals surface area contributed by atoms with Gasteiger partial charge in [0.1, 0.15) is 0 Å². The van der Waals surface area contributed by atoms with Gasteiger partial charge in [-0.2, -0.15) is 4.99 Å². The smallest absolute Gasteiger partial charge is 0.223 e. The first-order chi connectivity index (χ1) is 7.11. The minimum atomic E-state index is -0.100. The highest BCUT2D eigenvalue weighted by Gasteiger charge is 1.93. The molecule has 80 valence electrons. The third-order valence-electron chi connectivity index (χ3n) is 1.56. The van der Waals surface area contributed by atoms with Gasteiger partial charge < -0.3 is 17.2 Å². The van der Waals surface area contributed by atoms with Crippen molar-refractivity contribution >= 4 is 29.4 Å². The largest absolute Gasteiger partial charge is 0.370 e. The average molecular weight is 223 g/mol. The van der Waals surface area contributed by atoms with Crippen LogP contribution in [0.25, 0.3) is 0 Å². The number of aliphatic imine (C=N–C) groups is 2. The minimum absolute atomic E-state index is 0.0481. The van der Waals surface area contributed by atoms with Crippen molar-refractivity contribution < 1.29 is 0 Å². The van der Waals surface area contributed by atoms with Crippen LogP contribution in [0.2, 0.25) is 0 Å². The maximum atomic E-state index is 5.47. The zero-order chi connectivity index (χ0) is 11.3. The van der Waals surface area contributed by atoms with Crippen LogP contribution in [0, 0.1) is 0 Å². The highest BCUT2D eigenvalue weighted by molar-refractivity contribution is 7.98. The summed E-state index contributed by atoms with van der Waals surface area (Å²) in [6, 6.07) is 7.60. The first-order valence-electron chi connectivity index (χ1n) is 4.19. The summed E-state index contributed by atoms with van der Waals surface area (Å²) in [4.78, 5) is 8.78. The summed E-state index contributed by atoms with van der Waals surface area (Å²) in [5, 5.41) is 0. The van der Waals surface area contributed by atoms with Crippen LogP contribution in [0.1, 0.15) is 0 Å². The number of hydrogen-bond donors (Lipinski definition) is 3. The molecule has 0 amide bonds. The molecule has 0 heterocycles. The monoisotopic (exact) mass is 223 g/mol. The normalized spacial score (nSPS) is 11.1. The Morgan fingerprint density at radius 1 is 1.13 bits per heavy atom. The molecule has 0 atom stereocenters. The molecule has 0 aromatic heterocycles. The van der Waals surface area contributed by atoms with E-state index < -0.39 is 0 Å². The SMILES string of the molecule is CSc1ccc(N=C(N)N=C(N)N)cc1.